The molecule has 0 bridgehead atoms. The molecule has 0 radical (unpaired) electrons. The van der Waals surface area contributed by atoms with Gasteiger partial charge in [-0.05, 0) is 25.0 Å². The third-order valence-electron chi connectivity index (χ3n) is 4.39. The van der Waals surface area contributed by atoms with E-state index in [4.69, 9.17) is 0 Å². The van der Waals surface area contributed by atoms with Crippen LogP contribution in [0.3, 0.4) is 0 Å². The second kappa shape index (κ2) is 8.39. The largest absolute Gasteiger partial charge is 0.325 e. The third kappa shape index (κ3) is 4.39. The fourth-order valence-corrected chi connectivity index (χ4v) is 3.84. The quantitative estimate of drug-likeness (QED) is 0.402. The van der Waals surface area contributed by atoms with Crippen molar-refractivity contribution >= 4 is 35.1 Å². The Balaban J connectivity index is 1.88. The van der Waals surface area contributed by atoms with Crippen LogP contribution in [0, 0.1) is 6.92 Å². The molecule has 0 aliphatic carbocycles. The van der Waals surface area contributed by atoms with Crippen molar-refractivity contribution in [1.29, 1.82) is 0 Å². The van der Waals surface area contributed by atoms with E-state index in [0.29, 0.717) is 10.8 Å². The molecule has 2 aromatic rings. The number of carbonyl (C=O) groups is 2. The van der Waals surface area contributed by atoms with Gasteiger partial charge in [0.1, 0.15) is 5.82 Å². The Morgan fingerprint density at radius 3 is 2.85 bits per heavy atom. The summed E-state index contributed by atoms with van der Waals surface area (Å²) in [5.74, 6) is -0.587. The number of amides is 2. The van der Waals surface area contributed by atoms with Gasteiger partial charge in [0.15, 0.2) is 5.16 Å². The molecule has 2 amide bonds. The predicted octanol–water partition coefficient (Wildman–Crippen LogP) is 3.04. The van der Waals surface area contributed by atoms with Crippen LogP contribution < -0.4 is 16.2 Å². The van der Waals surface area contributed by atoms with Crippen LogP contribution >= 0.6 is 11.8 Å². The molecule has 1 aromatic heterocycles. The Morgan fingerprint density at radius 2 is 2.11 bits per heavy atom. The van der Waals surface area contributed by atoms with Crippen molar-refractivity contribution in [2.24, 2.45) is 0 Å². The SMILES string of the molecule is CCCCSc1nc2c(c(=O)[nH]1)C(C(=O)Nc1ccccc1C)CC(=O)N2. The summed E-state index contributed by atoms with van der Waals surface area (Å²) < 4.78 is 0. The maximum atomic E-state index is 12.8. The second-order valence-corrected chi connectivity index (χ2v) is 7.53. The summed E-state index contributed by atoms with van der Waals surface area (Å²) in [5.41, 5.74) is 1.39. The van der Waals surface area contributed by atoms with Crippen LogP contribution in [-0.4, -0.2) is 27.5 Å². The molecule has 3 N–H and O–H groups in total. The summed E-state index contributed by atoms with van der Waals surface area (Å²) in [7, 11) is 0. The third-order valence-corrected chi connectivity index (χ3v) is 5.35. The van der Waals surface area contributed by atoms with Gasteiger partial charge in [-0.1, -0.05) is 43.3 Å². The molecule has 3 rings (SSSR count). The van der Waals surface area contributed by atoms with Gasteiger partial charge in [0.05, 0.1) is 11.5 Å². The zero-order valence-corrected chi connectivity index (χ0v) is 16.1. The summed E-state index contributed by atoms with van der Waals surface area (Å²) in [5, 5.41) is 5.90. The smallest absolute Gasteiger partial charge is 0.257 e. The van der Waals surface area contributed by atoms with Crippen molar-refractivity contribution in [1.82, 2.24) is 9.97 Å². The van der Waals surface area contributed by atoms with Crippen LogP contribution in [0.5, 0.6) is 0 Å². The second-order valence-electron chi connectivity index (χ2n) is 6.44. The fourth-order valence-electron chi connectivity index (χ4n) is 2.89. The summed E-state index contributed by atoms with van der Waals surface area (Å²) >= 11 is 1.43. The van der Waals surface area contributed by atoms with Gasteiger partial charge in [-0.3, -0.25) is 14.4 Å². The minimum absolute atomic E-state index is 0.0855. The highest BCUT2D eigenvalue weighted by Crippen LogP contribution is 2.30. The number of H-pyrrole nitrogens is 1. The molecule has 1 aliphatic rings. The van der Waals surface area contributed by atoms with Gasteiger partial charge < -0.3 is 15.6 Å². The van der Waals surface area contributed by atoms with Gasteiger partial charge >= 0.3 is 0 Å². The number of hydrogen-bond acceptors (Lipinski definition) is 5. The monoisotopic (exact) mass is 386 g/mol. The van der Waals surface area contributed by atoms with Crippen molar-refractivity contribution in [3.05, 3.63) is 45.7 Å². The van der Waals surface area contributed by atoms with Crippen molar-refractivity contribution in [3.8, 4) is 0 Å². The van der Waals surface area contributed by atoms with Crippen molar-refractivity contribution in [3.63, 3.8) is 0 Å². The van der Waals surface area contributed by atoms with E-state index in [-0.39, 0.29) is 35.2 Å². The Labute approximate surface area is 161 Å². The van der Waals surface area contributed by atoms with E-state index in [2.05, 4.69) is 27.5 Å². The van der Waals surface area contributed by atoms with E-state index >= 15 is 0 Å². The van der Waals surface area contributed by atoms with Gasteiger partial charge in [-0.2, -0.15) is 0 Å². The normalized spacial score (nSPS) is 15.8. The van der Waals surface area contributed by atoms with Gasteiger partial charge in [0.25, 0.3) is 5.56 Å². The minimum Gasteiger partial charge on any atom is -0.325 e. The lowest BCUT2D eigenvalue weighted by molar-refractivity contribution is -0.123. The number of nitrogens with zero attached hydrogens (tertiary/aromatic N) is 1. The lowest BCUT2D eigenvalue weighted by Crippen LogP contribution is -2.36. The highest BCUT2D eigenvalue weighted by molar-refractivity contribution is 7.99. The topological polar surface area (TPSA) is 104 Å². The number of benzene rings is 1. The fraction of sp³-hybridized carbons (Fsp3) is 0.368. The number of nitrogens with one attached hydrogen (secondary N) is 3. The molecule has 1 atom stereocenters. The predicted molar refractivity (Wildman–Crippen MR) is 106 cm³/mol. The number of fused-ring (bicyclic) bond motifs is 1. The summed E-state index contributed by atoms with van der Waals surface area (Å²) in [6.07, 6.45) is 1.96. The molecule has 1 aliphatic heterocycles. The zero-order chi connectivity index (χ0) is 19.4. The summed E-state index contributed by atoms with van der Waals surface area (Å²) in [6.45, 7) is 3.97. The maximum Gasteiger partial charge on any atom is 0.257 e. The number of para-hydroxylation sites is 1. The zero-order valence-electron chi connectivity index (χ0n) is 15.3. The Morgan fingerprint density at radius 1 is 1.33 bits per heavy atom. The highest BCUT2D eigenvalue weighted by atomic mass is 32.2. The van der Waals surface area contributed by atoms with Crippen LogP contribution in [-0.2, 0) is 9.59 Å². The van der Waals surface area contributed by atoms with E-state index in [1.807, 2.05) is 25.1 Å². The maximum absolute atomic E-state index is 12.8. The van der Waals surface area contributed by atoms with E-state index in [0.717, 1.165) is 24.2 Å². The number of aromatic nitrogens is 2. The molecule has 0 spiro atoms. The first kappa shape index (κ1) is 19.2. The lowest BCUT2D eigenvalue weighted by atomic mass is 9.92. The molecule has 0 saturated carbocycles. The number of aromatic amines is 1. The van der Waals surface area contributed by atoms with Crippen LogP contribution in [0.4, 0.5) is 11.5 Å². The van der Waals surface area contributed by atoms with E-state index in [1.165, 1.54) is 11.8 Å². The molecule has 1 unspecified atom stereocenters. The number of hydrogen-bond donors (Lipinski definition) is 3. The van der Waals surface area contributed by atoms with Crippen LogP contribution in [0.25, 0.3) is 0 Å². The number of anilines is 2. The Hall–Kier alpha value is -2.61. The molecule has 27 heavy (non-hydrogen) atoms. The molecular formula is C19H22N4O3S. The highest BCUT2D eigenvalue weighted by Gasteiger charge is 2.34. The van der Waals surface area contributed by atoms with Gasteiger partial charge in [0.2, 0.25) is 11.8 Å². The van der Waals surface area contributed by atoms with E-state index in [1.54, 1.807) is 6.07 Å². The molecule has 142 valence electrons. The molecule has 7 nitrogen and oxygen atoms in total. The van der Waals surface area contributed by atoms with E-state index < -0.39 is 5.92 Å². The molecular weight excluding hydrogens is 364 g/mol. The molecule has 2 heterocycles. The molecule has 8 heteroatoms. The van der Waals surface area contributed by atoms with Crippen molar-refractivity contribution in [2.45, 2.75) is 44.2 Å². The Kier molecular flexibility index (Phi) is 5.95. The minimum atomic E-state index is -0.876. The lowest BCUT2D eigenvalue weighted by Gasteiger charge is -2.23. The first-order chi connectivity index (χ1) is 13.0. The Bertz CT molecular complexity index is 925. The first-order valence-corrected chi connectivity index (χ1v) is 9.91. The number of thioether (sulfide) groups is 1. The van der Waals surface area contributed by atoms with Gasteiger partial charge in [-0.25, -0.2) is 4.98 Å². The summed E-state index contributed by atoms with van der Waals surface area (Å²) in [6, 6.07) is 7.36. The molecule has 0 saturated heterocycles. The summed E-state index contributed by atoms with van der Waals surface area (Å²) in [4.78, 5) is 44.6. The van der Waals surface area contributed by atoms with E-state index in [9.17, 15) is 14.4 Å². The first-order valence-electron chi connectivity index (χ1n) is 8.93. The number of carbonyl (C=O) groups excluding carboxylic acids is 2. The molecule has 0 fully saturated rings. The van der Waals surface area contributed by atoms with Gasteiger partial charge in [0, 0.05) is 17.9 Å². The van der Waals surface area contributed by atoms with Crippen molar-refractivity contribution < 1.29 is 9.59 Å². The van der Waals surface area contributed by atoms with Crippen LogP contribution in [0.1, 0.15) is 43.2 Å². The van der Waals surface area contributed by atoms with Crippen molar-refractivity contribution in [2.75, 3.05) is 16.4 Å². The van der Waals surface area contributed by atoms with Crippen LogP contribution in [0.15, 0.2) is 34.2 Å². The number of unbranched alkanes of at least 4 members (excludes halogenated alkanes) is 1. The number of rotatable bonds is 6. The number of aryl methyl sites for hydroxylation is 1. The standard InChI is InChI=1S/C19H22N4O3S/c1-3-4-9-27-19-22-16-15(18(26)23-19)12(10-14(24)21-16)17(25)20-13-8-6-5-7-11(13)2/h5-8,12H,3-4,9-10H2,1-2H3,(H,20,25)(H2,21,22,23,24,26). The van der Waals surface area contributed by atoms with Crippen LogP contribution in [0.2, 0.25) is 0 Å². The average molecular weight is 386 g/mol. The molecule has 1 aromatic carbocycles. The average Bonchev–Trinajstić information content (AvgIpc) is 2.62. The van der Waals surface area contributed by atoms with Gasteiger partial charge in [-0.15, -0.1) is 0 Å².